The van der Waals surface area contributed by atoms with Gasteiger partial charge in [-0.3, -0.25) is 0 Å². The minimum absolute atomic E-state index is 0.262. The molecule has 0 atom stereocenters. The van der Waals surface area contributed by atoms with Crippen molar-refractivity contribution in [3.05, 3.63) is 60.6 Å². The molecule has 17 heavy (non-hydrogen) atoms. The van der Waals surface area contributed by atoms with Crippen LogP contribution in [0.5, 0.6) is 0 Å². The second-order valence-corrected chi connectivity index (χ2v) is 3.30. The second kappa shape index (κ2) is 10.9. The Morgan fingerprint density at radius 2 is 1.94 bits per heavy atom. The van der Waals surface area contributed by atoms with Gasteiger partial charge in [0.1, 0.15) is 0 Å². The molecule has 0 spiro atoms. The average molecular weight is 237 g/mol. The van der Waals surface area contributed by atoms with Gasteiger partial charge in [0, 0.05) is 19.6 Å². The lowest BCUT2D eigenvalue weighted by Crippen LogP contribution is -2.20. The molecule has 0 saturated carbocycles. The number of nitrogens with two attached hydrogens (primary N) is 2. The molecule has 0 saturated heterocycles. The summed E-state index contributed by atoms with van der Waals surface area (Å²) in [6.45, 7) is 4.64. The van der Waals surface area contributed by atoms with Crippen LogP contribution >= 0.6 is 0 Å². The molecule has 0 heterocycles. The molecule has 3 nitrogen and oxygen atoms in total. The molecule has 1 aromatic carbocycles. The van der Waals surface area contributed by atoms with Crippen molar-refractivity contribution < 1.29 is 4.39 Å². The lowest BCUT2D eigenvalue weighted by Gasteiger charge is -2.05. The van der Waals surface area contributed by atoms with Crippen LogP contribution in [-0.4, -0.2) is 13.1 Å². The molecule has 0 radical (unpaired) electrons. The summed E-state index contributed by atoms with van der Waals surface area (Å²) in [6, 6.07) is 9.97. The van der Waals surface area contributed by atoms with Crippen LogP contribution in [0.25, 0.3) is 0 Å². The minimum atomic E-state index is 0.262. The second-order valence-electron chi connectivity index (χ2n) is 3.30. The zero-order chi connectivity index (χ0) is 12.9. The maximum absolute atomic E-state index is 12.1. The third-order valence-corrected chi connectivity index (χ3v) is 1.94. The molecule has 5 N–H and O–H groups in total. The summed E-state index contributed by atoms with van der Waals surface area (Å²) in [7, 11) is 0. The smallest absolute Gasteiger partial charge is 0.0884 e. The van der Waals surface area contributed by atoms with Crippen LogP contribution in [0.1, 0.15) is 5.56 Å². The van der Waals surface area contributed by atoms with Crippen molar-refractivity contribution in [2.75, 3.05) is 13.1 Å². The molecule has 0 bridgehead atoms. The van der Waals surface area contributed by atoms with E-state index in [0.29, 0.717) is 18.4 Å². The van der Waals surface area contributed by atoms with E-state index in [1.165, 1.54) is 11.8 Å². The fourth-order valence-electron chi connectivity index (χ4n) is 1.12. The van der Waals surface area contributed by atoms with Crippen LogP contribution in [0, 0.1) is 0 Å². The normalized spacial score (nSPS) is 10.4. The highest BCUT2D eigenvalue weighted by atomic mass is 19.1. The number of rotatable bonds is 5. The Labute approximate surface area is 102 Å². The summed E-state index contributed by atoms with van der Waals surface area (Å²) in [5, 5.41) is 3.12. The standard InChI is InChI=1S/C11H15FN2.C2H5N/c12-6-11(7-13)9-14-8-10-4-2-1-3-5-10;1-2-3/h1-6,14H,7-9,13H2;2H,1,3H2/b11-6+;. The van der Waals surface area contributed by atoms with Crippen molar-refractivity contribution in [3.8, 4) is 0 Å². The highest BCUT2D eigenvalue weighted by Crippen LogP contribution is 1.98. The molecule has 0 aliphatic carbocycles. The zero-order valence-electron chi connectivity index (χ0n) is 9.90. The van der Waals surface area contributed by atoms with Crippen LogP contribution < -0.4 is 16.8 Å². The van der Waals surface area contributed by atoms with Gasteiger partial charge in [-0.15, -0.1) is 0 Å². The predicted molar refractivity (Wildman–Crippen MR) is 70.8 cm³/mol. The van der Waals surface area contributed by atoms with Crippen molar-refractivity contribution in [1.82, 2.24) is 5.32 Å². The molecule has 0 unspecified atom stereocenters. The fourth-order valence-corrected chi connectivity index (χ4v) is 1.12. The Hall–Kier alpha value is -1.65. The van der Waals surface area contributed by atoms with Gasteiger partial charge in [-0.05, 0) is 17.3 Å². The van der Waals surface area contributed by atoms with E-state index in [0.717, 1.165) is 6.54 Å². The van der Waals surface area contributed by atoms with Gasteiger partial charge in [-0.2, -0.15) is 0 Å². The van der Waals surface area contributed by atoms with E-state index in [1.54, 1.807) is 0 Å². The van der Waals surface area contributed by atoms with Gasteiger partial charge < -0.3 is 16.8 Å². The molecule has 94 valence electrons. The summed E-state index contributed by atoms with van der Waals surface area (Å²) in [4.78, 5) is 0. The maximum Gasteiger partial charge on any atom is 0.0884 e. The van der Waals surface area contributed by atoms with Gasteiger partial charge in [0.25, 0.3) is 0 Å². The molecule has 1 rings (SSSR count). The van der Waals surface area contributed by atoms with Gasteiger partial charge in [-0.25, -0.2) is 4.39 Å². The van der Waals surface area contributed by atoms with E-state index >= 15 is 0 Å². The number of hydrogen-bond acceptors (Lipinski definition) is 3. The van der Waals surface area contributed by atoms with Crippen molar-refractivity contribution in [3.63, 3.8) is 0 Å². The Bertz CT molecular complexity index is 323. The summed E-state index contributed by atoms with van der Waals surface area (Å²) in [5.74, 6) is 0. The highest BCUT2D eigenvalue weighted by Gasteiger charge is 1.94. The molecule has 0 amide bonds. The van der Waals surface area contributed by atoms with Gasteiger partial charge in [0.15, 0.2) is 0 Å². The Morgan fingerprint density at radius 3 is 2.41 bits per heavy atom. The summed E-state index contributed by atoms with van der Waals surface area (Å²) in [6.07, 6.45) is 1.82. The van der Waals surface area contributed by atoms with Gasteiger partial charge >= 0.3 is 0 Å². The predicted octanol–water partition coefficient (Wildman–Crippen LogP) is 1.68. The average Bonchev–Trinajstić information content (AvgIpc) is 2.37. The first-order valence-corrected chi connectivity index (χ1v) is 5.34. The zero-order valence-corrected chi connectivity index (χ0v) is 9.90. The van der Waals surface area contributed by atoms with Crippen LogP contribution in [0.3, 0.4) is 0 Å². The Kier molecular flexibility index (Phi) is 9.80. The SMILES string of the molecule is C=CN.NC/C(=C\F)CNCc1ccccc1. The molecular weight excluding hydrogens is 217 g/mol. The number of hydrogen-bond donors (Lipinski definition) is 3. The summed E-state index contributed by atoms with van der Waals surface area (Å²) >= 11 is 0. The molecule has 1 aromatic rings. The van der Waals surface area contributed by atoms with Crippen LogP contribution in [0.15, 0.2) is 55.0 Å². The van der Waals surface area contributed by atoms with E-state index in [1.807, 2.05) is 30.3 Å². The van der Waals surface area contributed by atoms with Crippen molar-refractivity contribution in [2.45, 2.75) is 6.54 Å². The largest absolute Gasteiger partial charge is 0.405 e. The van der Waals surface area contributed by atoms with Crippen molar-refractivity contribution in [2.24, 2.45) is 11.5 Å². The third-order valence-electron chi connectivity index (χ3n) is 1.94. The van der Waals surface area contributed by atoms with Crippen LogP contribution in [0.4, 0.5) is 4.39 Å². The molecule has 0 aliphatic rings. The third kappa shape index (κ3) is 8.19. The monoisotopic (exact) mass is 237 g/mol. The lowest BCUT2D eigenvalue weighted by atomic mass is 10.2. The minimum Gasteiger partial charge on any atom is -0.405 e. The van der Waals surface area contributed by atoms with Crippen LogP contribution in [-0.2, 0) is 6.54 Å². The summed E-state index contributed by atoms with van der Waals surface area (Å²) < 4.78 is 12.1. The number of halogens is 1. The first-order valence-electron chi connectivity index (χ1n) is 5.34. The maximum atomic E-state index is 12.1. The fraction of sp³-hybridized carbons (Fsp3) is 0.231. The van der Waals surface area contributed by atoms with Crippen molar-refractivity contribution >= 4 is 0 Å². The van der Waals surface area contributed by atoms with E-state index in [2.05, 4.69) is 17.6 Å². The van der Waals surface area contributed by atoms with E-state index in [9.17, 15) is 4.39 Å². The van der Waals surface area contributed by atoms with Crippen LogP contribution in [0.2, 0.25) is 0 Å². The van der Waals surface area contributed by atoms with Gasteiger partial charge in [-0.1, -0.05) is 36.9 Å². The van der Waals surface area contributed by atoms with E-state index in [4.69, 9.17) is 5.73 Å². The quantitative estimate of drug-likeness (QED) is 0.730. The molecule has 0 aromatic heterocycles. The molecule has 4 heteroatoms. The molecular formula is C13H20FN3. The first kappa shape index (κ1) is 15.4. The van der Waals surface area contributed by atoms with Gasteiger partial charge in [0.05, 0.1) is 6.33 Å². The van der Waals surface area contributed by atoms with Gasteiger partial charge in [0.2, 0.25) is 0 Å². The number of nitrogens with one attached hydrogen (secondary N) is 1. The number of benzene rings is 1. The highest BCUT2D eigenvalue weighted by molar-refractivity contribution is 5.14. The molecule has 0 aliphatic heterocycles. The van der Waals surface area contributed by atoms with Crippen molar-refractivity contribution in [1.29, 1.82) is 0 Å². The van der Waals surface area contributed by atoms with E-state index in [-0.39, 0.29) is 6.54 Å². The lowest BCUT2D eigenvalue weighted by molar-refractivity contribution is 0.671. The molecule has 0 fully saturated rings. The first-order chi connectivity index (χ1) is 8.28. The summed E-state index contributed by atoms with van der Waals surface area (Å²) in [5.41, 5.74) is 11.7. The van der Waals surface area contributed by atoms with E-state index < -0.39 is 0 Å². The topological polar surface area (TPSA) is 64.1 Å². The Morgan fingerprint density at radius 1 is 1.35 bits per heavy atom. The Balaban J connectivity index is 0.000000770.